The van der Waals surface area contributed by atoms with Crippen LogP contribution in [0.2, 0.25) is 0 Å². The summed E-state index contributed by atoms with van der Waals surface area (Å²) in [4.78, 5) is 22.7. The van der Waals surface area contributed by atoms with Gasteiger partial charge in [0.2, 0.25) is 11.8 Å². The number of hydrogen-bond donors (Lipinski definition) is 2. The Morgan fingerprint density at radius 3 is 2.73 bits per heavy atom. The number of rotatable bonds is 4. The summed E-state index contributed by atoms with van der Waals surface area (Å²) < 4.78 is 0. The minimum Gasteiger partial charge on any atom is -0.355 e. The lowest BCUT2D eigenvalue weighted by Gasteiger charge is -2.27. The van der Waals surface area contributed by atoms with Crippen molar-refractivity contribution in [3.63, 3.8) is 0 Å². The second kappa shape index (κ2) is 4.64. The van der Waals surface area contributed by atoms with Gasteiger partial charge in [0.25, 0.3) is 0 Å². The summed E-state index contributed by atoms with van der Waals surface area (Å²) in [6, 6.07) is 0. The molecule has 1 fully saturated rings. The molecule has 0 radical (unpaired) electrons. The monoisotopic (exact) mass is 212 g/mol. The molecule has 0 spiro atoms. The number of carbonyl (C=O) groups excluding carboxylic acids is 2. The highest BCUT2D eigenvalue weighted by molar-refractivity contribution is 5.89. The van der Waals surface area contributed by atoms with Crippen LogP contribution in [-0.4, -0.2) is 23.9 Å². The third-order valence-corrected chi connectivity index (χ3v) is 2.68. The molecule has 1 aliphatic rings. The first kappa shape index (κ1) is 12.0. The van der Waals surface area contributed by atoms with Crippen LogP contribution in [0.1, 0.15) is 40.0 Å². The molecule has 1 rings (SSSR count). The fourth-order valence-electron chi connectivity index (χ4n) is 1.91. The molecule has 0 aromatic heterocycles. The lowest BCUT2D eigenvalue weighted by atomic mass is 9.97. The van der Waals surface area contributed by atoms with Gasteiger partial charge in [0.1, 0.15) is 0 Å². The van der Waals surface area contributed by atoms with E-state index in [1.54, 1.807) is 0 Å². The zero-order valence-corrected chi connectivity index (χ0v) is 9.72. The molecule has 0 aliphatic carbocycles. The van der Waals surface area contributed by atoms with E-state index in [9.17, 15) is 9.59 Å². The van der Waals surface area contributed by atoms with E-state index in [1.165, 1.54) is 0 Å². The molecule has 1 atom stereocenters. The normalized spacial score (nSPS) is 21.3. The van der Waals surface area contributed by atoms with E-state index in [4.69, 9.17) is 0 Å². The van der Waals surface area contributed by atoms with Crippen molar-refractivity contribution in [3.05, 3.63) is 0 Å². The second-order valence-corrected chi connectivity index (χ2v) is 4.83. The molecule has 86 valence electrons. The van der Waals surface area contributed by atoms with Crippen LogP contribution < -0.4 is 10.6 Å². The smallest absolute Gasteiger partial charge is 0.225 e. The Bertz CT molecular complexity index is 261. The first-order chi connectivity index (χ1) is 6.94. The van der Waals surface area contributed by atoms with Gasteiger partial charge in [-0.2, -0.15) is 0 Å². The molecule has 4 heteroatoms. The maximum Gasteiger partial charge on any atom is 0.225 e. The quantitative estimate of drug-likeness (QED) is 0.724. The third-order valence-electron chi connectivity index (χ3n) is 2.68. The molecule has 1 unspecified atom stereocenters. The van der Waals surface area contributed by atoms with Gasteiger partial charge in [-0.05, 0) is 20.3 Å². The van der Waals surface area contributed by atoms with Crippen molar-refractivity contribution >= 4 is 11.8 Å². The SMILES string of the molecule is CCCC(C)(C)NC(=O)C1CNC(=O)C1. The van der Waals surface area contributed by atoms with Crippen LogP contribution in [0.15, 0.2) is 0 Å². The fraction of sp³-hybridized carbons (Fsp3) is 0.818. The van der Waals surface area contributed by atoms with E-state index in [1.807, 2.05) is 13.8 Å². The molecule has 0 aromatic rings. The summed E-state index contributed by atoms with van der Waals surface area (Å²) in [6.07, 6.45) is 2.32. The molecule has 0 aromatic carbocycles. The van der Waals surface area contributed by atoms with Crippen LogP contribution >= 0.6 is 0 Å². The summed E-state index contributed by atoms with van der Waals surface area (Å²) >= 11 is 0. The topological polar surface area (TPSA) is 58.2 Å². The van der Waals surface area contributed by atoms with E-state index in [0.717, 1.165) is 12.8 Å². The lowest BCUT2D eigenvalue weighted by Crippen LogP contribution is -2.46. The van der Waals surface area contributed by atoms with Crippen LogP contribution in [0.4, 0.5) is 0 Å². The Kier molecular flexibility index (Phi) is 3.72. The van der Waals surface area contributed by atoms with Crippen LogP contribution in [0.25, 0.3) is 0 Å². The minimum atomic E-state index is -0.186. The van der Waals surface area contributed by atoms with Gasteiger partial charge >= 0.3 is 0 Å². The van der Waals surface area contributed by atoms with Crippen LogP contribution in [0.3, 0.4) is 0 Å². The Labute approximate surface area is 90.8 Å². The highest BCUT2D eigenvalue weighted by Crippen LogP contribution is 2.14. The predicted molar refractivity (Wildman–Crippen MR) is 58.2 cm³/mol. The third kappa shape index (κ3) is 3.53. The van der Waals surface area contributed by atoms with Crippen LogP contribution in [0.5, 0.6) is 0 Å². The molecule has 0 saturated carbocycles. The number of hydrogen-bond acceptors (Lipinski definition) is 2. The molecule has 1 aliphatic heterocycles. The van der Waals surface area contributed by atoms with Crippen molar-refractivity contribution in [2.45, 2.75) is 45.6 Å². The van der Waals surface area contributed by atoms with Crippen molar-refractivity contribution in [3.8, 4) is 0 Å². The van der Waals surface area contributed by atoms with Gasteiger partial charge in [-0.15, -0.1) is 0 Å². The summed E-state index contributed by atoms with van der Waals surface area (Å²) in [6.45, 7) is 6.60. The van der Waals surface area contributed by atoms with E-state index in [-0.39, 0.29) is 23.3 Å². The molecule has 15 heavy (non-hydrogen) atoms. The Balaban J connectivity index is 2.44. The van der Waals surface area contributed by atoms with E-state index >= 15 is 0 Å². The number of amides is 2. The fourth-order valence-corrected chi connectivity index (χ4v) is 1.91. The van der Waals surface area contributed by atoms with Gasteiger partial charge in [0.15, 0.2) is 0 Å². The van der Waals surface area contributed by atoms with E-state index in [2.05, 4.69) is 17.6 Å². The Morgan fingerprint density at radius 2 is 2.27 bits per heavy atom. The van der Waals surface area contributed by atoms with Gasteiger partial charge < -0.3 is 10.6 Å². The van der Waals surface area contributed by atoms with Crippen LogP contribution in [-0.2, 0) is 9.59 Å². The van der Waals surface area contributed by atoms with Gasteiger partial charge in [-0.1, -0.05) is 13.3 Å². The molecule has 1 heterocycles. The Morgan fingerprint density at radius 1 is 1.60 bits per heavy atom. The standard InChI is InChI=1S/C11H20N2O2/c1-4-5-11(2,3)13-10(15)8-6-9(14)12-7-8/h8H,4-7H2,1-3H3,(H,12,14)(H,13,15). The van der Waals surface area contributed by atoms with Gasteiger partial charge in [-0.25, -0.2) is 0 Å². The van der Waals surface area contributed by atoms with Gasteiger partial charge in [0.05, 0.1) is 5.92 Å². The summed E-state index contributed by atoms with van der Waals surface area (Å²) in [7, 11) is 0. The summed E-state index contributed by atoms with van der Waals surface area (Å²) in [5.74, 6) is -0.219. The molecule has 0 bridgehead atoms. The minimum absolute atomic E-state index is 0.00759. The highest BCUT2D eigenvalue weighted by Gasteiger charge is 2.30. The maximum atomic E-state index is 11.8. The average molecular weight is 212 g/mol. The van der Waals surface area contributed by atoms with Crippen LogP contribution in [0, 0.1) is 5.92 Å². The van der Waals surface area contributed by atoms with Crippen molar-refractivity contribution in [1.82, 2.24) is 10.6 Å². The second-order valence-electron chi connectivity index (χ2n) is 4.83. The average Bonchev–Trinajstić information content (AvgIpc) is 2.50. The highest BCUT2D eigenvalue weighted by atomic mass is 16.2. The number of nitrogens with one attached hydrogen (secondary N) is 2. The summed E-state index contributed by atoms with van der Waals surface area (Å²) in [5, 5.41) is 5.66. The molecule has 1 saturated heterocycles. The first-order valence-electron chi connectivity index (χ1n) is 5.53. The van der Waals surface area contributed by atoms with Gasteiger partial charge in [-0.3, -0.25) is 9.59 Å². The van der Waals surface area contributed by atoms with Crippen molar-refractivity contribution in [1.29, 1.82) is 0 Å². The lowest BCUT2D eigenvalue weighted by molar-refractivity contribution is -0.127. The number of carbonyl (C=O) groups is 2. The molecular formula is C11H20N2O2. The molecular weight excluding hydrogens is 192 g/mol. The van der Waals surface area contributed by atoms with E-state index < -0.39 is 0 Å². The van der Waals surface area contributed by atoms with Crippen molar-refractivity contribution in [2.75, 3.05) is 6.54 Å². The largest absolute Gasteiger partial charge is 0.355 e. The zero-order chi connectivity index (χ0) is 11.5. The maximum absolute atomic E-state index is 11.8. The molecule has 2 N–H and O–H groups in total. The first-order valence-corrected chi connectivity index (χ1v) is 5.53. The molecule has 4 nitrogen and oxygen atoms in total. The van der Waals surface area contributed by atoms with Gasteiger partial charge in [0, 0.05) is 18.5 Å². The predicted octanol–water partition coefficient (Wildman–Crippen LogP) is 0.817. The van der Waals surface area contributed by atoms with Crippen molar-refractivity contribution in [2.24, 2.45) is 5.92 Å². The van der Waals surface area contributed by atoms with E-state index in [0.29, 0.717) is 13.0 Å². The zero-order valence-electron chi connectivity index (χ0n) is 9.72. The molecule has 2 amide bonds. The Hall–Kier alpha value is -1.06. The summed E-state index contributed by atoms with van der Waals surface area (Å²) in [5.41, 5.74) is -0.169. The van der Waals surface area contributed by atoms with Crippen molar-refractivity contribution < 1.29 is 9.59 Å².